The van der Waals surface area contributed by atoms with Gasteiger partial charge in [-0.15, -0.1) is 0 Å². The highest BCUT2D eigenvalue weighted by Gasteiger charge is 2.12. The molecule has 1 aromatic carbocycles. The molecule has 1 atom stereocenters. The molecule has 0 fully saturated rings. The van der Waals surface area contributed by atoms with Crippen LogP contribution in [0.5, 0.6) is 0 Å². The van der Waals surface area contributed by atoms with E-state index < -0.39 is 0 Å². The third-order valence-corrected chi connectivity index (χ3v) is 3.14. The van der Waals surface area contributed by atoms with Crippen molar-refractivity contribution >= 4 is 0 Å². The Morgan fingerprint density at radius 1 is 1.22 bits per heavy atom. The monoisotopic (exact) mass is 244 g/mol. The van der Waals surface area contributed by atoms with E-state index in [4.69, 9.17) is 0 Å². The largest absolute Gasteiger partial charge is 0.313 e. The molecule has 0 saturated carbocycles. The predicted molar refractivity (Wildman–Crippen MR) is 70.9 cm³/mol. The number of hydrogen-bond donors (Lipinski definition) is 1. The zero-order valence-corrected chi connectivity index (χ0v) is 10.7. The van der Waals surface area contributed by atoms with Crippen molar-refractivity contribution in [3.8, 4) is 0 Å². The minimum atomic E-state index is -0.185. The highest BCUT2D eigenvalue weighted by atomic mass is 19.1. The fourth-order valence-electron chi connectivity index (χ4n) is 2.15. The third kappa shape index (κ3) is 2.93. The van der Waals surface area contributed by atoms with Gasteiger partial charge >= 0.3 is 0 Å². The molecule has 0 amide bonds. The van der Waals surface area contributed by atoms with Crippen molar-refractivity contribution in [3.05, 3.63) is 65.2 Å². The molecule has 0 saturated heterocycles. The molecule has 1 heterocycles. The highest BCUT2D eigenvalue weighted by molar-refractivity contribution is 5.31. The van der Waals surface area contributed by atoms with Gasteiger partial charge in [-0.25, -0.2) is 4.39 Å². The van der Waals surface area contributed by atoms with Crippen LogP contribution in [0.4, 0.5) is 4.39 Å². The quantitative estimate of drug-likeness (QED) is 0.894. The number of pyridine rings is 1. The number of hydrogen-bond acceptors (Lipinski definition) is 2. The van der Waals surface area contributed by atoms with E-state index in [9.17, 15) is 4.39 Å². The topological polar surface area (TPSA) is 24.9 Å². The van der Waals surface area contributed by atoms with Gasteiger partial charge in [0, 0.05) is 18.4 Å². The van der Waals surface area contributed by atoms with E-state index in [0.29, 0.717) is 0 Å². The molecule has 0 aliphatic rings. The van der Waals surface area contributed by atoms with E-state index in [1.54, 1.807) is 18.5 Å². The molecular weight excluding hydrogens is 227 g/mol. The number of nitrogens with zero attached hydrogens (tertiary/aromatic N) is 1. The van der Waals surface area contributed by atoms with Crippen LogP contribution in [-0.4, -0.2) is 12.0 Å². The van der Waals surface area contributed by atoms with Gasteiger partial charge in [0.15, 0.2) is 0 Å². The Morgan fingerprint density at radius 2 is 1.94 bits per heavy atom. The Bertz CT molecular complexity index is 511. The van der Waals surface area contributed by atoms with Crippen molar-refractivity contribution in [1.29, 1.82) is 0 Å². The van der Waals surface area contributed by atoms with E-state index in [-0.39, 0.29) is 11.9 Å². The second-order valence-electron chi connectivity index (χ2n) is 4.40. The molecule has 1 unspecified atom stereocenters. The molecule has 18 heavy (non-hydrogen) atoms. The SMILES string of the molecule is CNC(Cc1ccncc1)c1ccc(F)cc1C. The summed E-state index contributed by atoms with van der Waals surface area (Å²) in [4.78, 5) is 4.01. The lowest BCUT2D eigenvalue weighted by molar-refractivity contribution is 0.582. The van der Waals surface area contributed by atoms with Crippen molar-refractivity contribution in [1.82, 2.24) is 10.3 Å². The first-order valence-electron chi connectivity index (χ1n) is 6.03. The maximum Gasteiger partial charge on any atom is 0.123 e. The van der Waals surface area contributed by atoms with Gasteiger partial charge in [-0.3, -0.25) is 4.98 Å². The number of likely N-dealkylation sites (N-methyl/N-ethyl adjacent to an activating group) is 1. The van der Waals surface area contributed by atoms with Crippen molar-refractivity contribution < 1.29 is 4.39 Å². The van der Waals surface area contributed by atoms with E-state index in [2.05, 4.69) is 10.3 Å². The molecule has 3 heteroatoms. The second kappa shape index (κ2) is 5.74. The van der Waals surface area contributed by atoms with Gasteiger partial charge in [0.05, 0.1) is 0 Å². The molecule has 1 aromatic heterocycles. The Morgan fingerprint density at radius 3 is 2.56 bits per heavy atom. The number of aromatic nitrogens is 1. The summed E-state index contributed by atoms with van der Waals surface area (Å²) in [5, 5.41) is 3.28. The highest BCUT2D eigenvalue weighted by Crippen LogP contribution is 2.22. The molecule has 1 N–H and O–H groups in total. The van der Waals surface area contributed by atoms with E-state index in [1.165, 1.54) is 11.6 Å². The maximum absolute atomic E-state index is 13.1. The Balaban J connectivity index is 2.23. The molecule has 0 spiro atoms. The zero-order chi connectivity index (χ0) is 13.0. The molecule has 2 nitrogen and oxygen atoms in total. The summed E-state index contributed by atoms with van der Waals surface area (Å²) in [5.41, 5.74) is 3.33. The molecule has 2 rings (SSSR count). The summed E-state index contributed by atoms with van der Waals surface area (Å²) in [6, 6.07) is 9.14. The first kappa shape index (κ1) is 12.7. The van der Waals surface area contributed by atoms with Gasteiger partial charge in [0.1, 0.15) is 5.82 Å². The number of benzene rings is 1. The van der Waals surface area contributed by atoms with Gasteiger partial charge in [0.2, 0.25) is 0 Å². The average Bonchev–Trinajstić information content (AvgIpc) is 2.38. The smallest absolute Gasteiger partial charge is 0.123 e. The van der Waals surface area contributed by atoms with Crippen molar-refractivity contribution in [3.63, 3.8) is 0 Å². The number of halogens is 1. The summed E-state index contributed by atoms with van der Waals surface area (Å²) >= 11 is 0. The van der Waals surface area contributed by atoms with Crippen LogP contribution in [0.15, 0.2) is 42.7 Å². The summed E-state index contributed by atoms with van der Waals surface area (Å²) < 4.78 is 13.1. The first-order valence-corrected chi connectivity index (χ1v) is 6.03. The normalized spacial score (nSPS) is 12.4. The standard InChI is InChI=1S/C15H17FN2/c1-11-9-13(16)3-4-14(11)15(17-2)10-12-5-7-18-8-6-12/h3-9,15,17H,10H2,1-2H3. The van der Waals surface area contributed by atoms with Gasteiger partial charge in [-0.05, 0) is 61.3 Å². The van der Waals surface area contributed by atoms with Gasteiger partial charge < -0.3 is 5.32 Å². The molecule has 0 bridgehead atoms. The molecule has 2 aromatic rings. The van der Waals surface area contributed by atoms with Crippen LogP contribution in [0.1, 0.15) is 22.7 Å². The van der Waals surface area contributed by atoms with Crippen LogP contribution >= 0.6 is 0 Å². The van der Waals surface area contributed by atoms with Crippen LogP contribution in [0, 0.1) is 12.7 Å². The fourth-order valence-corrected chi connectivity index (χ4v) is 2.15. The van der Waals surface area contributed by atoms with Crippen LogP contribution in [-0.2, 0) is 6.42 Å². The molecule has 94 valence electrons. The van der Waals surface area contributed by atoms with Gasteiger partial charge in [-0.1, -0.05) is 6.07 Å². The van der Waals surface area contributed by atoms with E-state index in [1.807, 2.05) is 32.2 Å². The lowest BCUT2D eigenvalue weighted by Gasteiger charge is -2.19. The van der Waals surface area contributed by atoms with Crippen molar-refractivity contribution in [2.75, 3.05) is 7.05 Å². The molecular formula is C15H17FN2. The van der Waals surface area contributed by atoms with Crippen molar-refractivity contribution in [2.24, 2.45) is 0 Å². The lowest BCUT2D eigenvalue weighted by atomic mass is 9.96. The minimum Gasteiger partial charge on any atom is -0.313 e. The summed E-state index contributed by atoms with van der Waals surface area (Å²) in [6.07, 6.45) is 4.45. The van der Waals surface area contributed by atoms with Gasteiger partial charge in [0.25, 0.3) is 0 Å². The Labute approximate surface area is 107 Å². The average molecular weight is 244 g/mol. The molecule has 0 radical (unpaired) electrons. The number of nitrogens with one attached hydrogen (secondary N) is 1. The Kier molecular flexibility index (Phi) is 4.05. The molecule has 0 aliphatic heterocycles. The summed E-state index contributed by atoms with van der Waals surface area (Å²) in [7, 11) is 1.93. The van der Waals surface area contributed by atoms with E-state index >= 15 is 0 Å². The zero-order valence-electron chi connectivity index (χ0n) is 10.7. The summed E-state index contributed by atoms with van der Waals surface area (Å²) in [6.45, 7) is 1.94. The second-order valence-corrected chi connectivity index (χ2v) is 4.40. The first-order chi connectivity index (χ1) is 8.70. The van der Waals surface area contributed by atoms with Crippen molar-refractivity contribution in [2.45, 2.75) is 19.4 Å². The predicted octanol–water partition coefficient (Wildman–Crippen LogP) is 3.03. The minimum absolute atomic E-state index is 0.185. The van der Waals surface area contributed by atoms with Crippen LogP contribution in [0.3, 0.4) is 0 Å². The van der Waals surface area contributed by atoms with E-state index in [0.717, 1.165) is 17.5 Å². The number of aryl methyl sites for hydroxylation is 1. The lowest BCUT2D eigenvalue weighted by Crippen LogP contribution is -2.19. The Hall–Kier alpha value is -1.74. The maximum atomic E-state index is 13.1. The molecule has 0 aliphatic carbocycles. The van der Waals surface area contributed by atoms with Gasteiger partial charge in [-0.2, -0.15) is 0 Å². The number of rotatable bonds is 4. The van der Waals surface area contributed by atoms with Crippen LogP contribution < -0.4 is 5.32 Å². The third-order valence-electron chi connectivity index (χ3n) is 3.14. The van der Waals surface area contributed by atoms with Crippen LogP contribution in [0.25, 0.3) is 0 Å². The fraction of sp³-hybridized carbons (Fsp3) is 0.267. The summed E-state index contributed by atoms with van der Waals surface area (Å²) in [5.74, 6) is -0.185. The van der Waals surface area contributed by atoms with Crippen LogP contribution in [0.2, 0.25) is 0 Å².